The van der Waals surface area contributed by atoms with Gasteiger partial charge in [0, 0.05) is 12.2 Å². The molecule has 0 saturated heterocycles. The summed E-state index contributed by atoms with van der Waals surface area (Å²) in [5.41, 5.74) is 0. The van der Waals surface area contributed by atoms with Crippen LogP contribution < -0.4 is 0 Å². The van der Waals surface area contributed by atoms with E-state index < -0.39 is 8.32 Å². The van der Waals surface area contributed by atoms with Crippen LogP contribution >= 0.6 is 0 Å². The van der Waals surface area contributed by atoms with Crippen molar-refractivity contribution in [1.29, 1.82) is 0 Å². The molecule has 0 aliphatic heterocycles. The van der Waals surface area contributed by atoms with Gasteiger partial charge in [-0.2, -0.15) is 0 Å². The Hall–Kier alpha value is -0.873. The van der Waals surface area contributed by atoms with E-state index in [9.17, 15) is 4.79 Å². The molecule has 0 spiro atoms. The van der Waals surface area contributed by atoms with Crippen LogP contribution in [0.25, 0.3) is 0 Å². The van der Waals surface area contributed by atoms with Crippen molar-refractivity contribution in [2.24, 2.45) is 0 Å². The Kier molecular flexibility index (Phi) is 8.82. The zero-order valence-electron chi connectivity index (χ0n) is 14.7. The van der Waals surface area contributed by atoms with E-state index in [0.29, 0.717) is 6.10 Å². The SMILES string of the molecule is COC(=O)/C=C/C=C/CCC[C@@H](C)O[Si](C)(C)C(C)(C)C. The van der Waals surface area contributed by atoms with Gasteiger partial charge in [0.25, 0.3) is 0 Å². The van der Waals surface area contributed by atoms with E-state index in [1.54, 1.807) is 6.08 Å². The maximum absolute atomic E-state index is 10.8. The lowest BCUT2D eigenvalue weighted by atomic mass is 10.1. The van der Waals surface area contributed by atoms with Gasteiger partial charge in [0.15, 0.2) is 8.32 Å². The van der Waals surface area contributed by atoms with Gasteiger partial charge in [0.1, 0.15) is 0 Å². The van der Waals surface area contributed by atoms with E-state index >= 15 is 0 Å². The zero-order chi connectivity index (χ0) is 16.5. The third-order valence-corrected chi connectivity index (χ3v) is 8.57. The smallest absolute Gasteiger partial charge is 0.330 e. The normalized spacial score (nSPS) is 14.8. The van der Waals surface area contributed by atoms with E-state index in [1.807, 2.05) is 6.08 Å². The molecule has 0 aliphatic carbocycles. The average molecular weight is 313 g/mol. The number of hydrogen-bond donors (Lipinski definition) is 0. The number of methoxy groups -OCH3 is 1. The molecule has 4 heteroatoms. The molecule has 21 heavy (non-hydrogen) atoms. The summed E-state index contributed by atoms with van der Waals surface area (Å²) in [4.78, 5) is 10.8. The third-order valence-electron chi connectivity index (χ3n) is 3.96. The highest BCUT2D eigenvalue weighted by atomic mass is 28.4. The first-order valence-corrected chi connectivity index (χ1v) is 10.6. The summed E-state index contributed by atoms with van der Waals surface area (Å²) in [5, 5.41) is 0.264. The molecule has 0 bridgehead atoms. The predicted octanol–water partition coefficient (Wildman–Crippen LogP) is 4.85. The van der Waals surface area contributed by atoms with Crippen LogP contribution in [0.3, 0.4) is 0 Å². The fraction of sp³-hybridized carbons (Fsp3) is 0.706. The largest absolute Gasteiger partial charge is 0.466 e. The molecular weight excluding hydrogens is 280 g/mol. The summed E-state index contributed by atoms with van der Waals surface area (Å²) >= 11 is 0. The molecule has 0 radical (unpaired) electrons. The summed E-state index contributed by atoms with van der Waals surface area (Å²) in [7, 11) is -0.271. The lowest BCUT2D eigenvalue weighted by molar-refractivity contribution is -0.134. The molecule has 0 saturated carbocycles. The number of allylic oxidation sites excluding steroid dienone is 3. The number of carbonyl (C=O) groups is 1. The molecule has 0 aromatic heterocycles. The van der Waals surface area contributed by atoms with Crippen molar-refractivity contribution in [1.82, 2.24) is 0 Å². The predicted molar refractivity (Wildman–Crippen MR) is 91.9 cm³/mol. The van der Waals surface area contributed by atoms with Crippen molar-refractivity contribution in [2.75, 3.05) is 7.11 Å². The van der Waals surface area contributed by atoms with Crippen molar-refractivity contribution in [2.45, 2.75) is 71.2 Å². The topological polar surface area (TPSA) is 35.5 Å². The minimum atomic E-state index is -1.65. The van der Waals surface area contributed by atoms with Crippen LogP contribution in [0.5, 0.6) is 0 Å². The number of unbranched alkanes of at least 4 members (excludes halogenated alkanes) is 1. The molecule has 0 N–H and O–H groups in total. The molecule has 0 aromatic carbocycles. The lowest BCUT2D eigenvalue weighted by Crippen LogP contribution is -2.43. The molecule has 0 unspecified atom stereocenters. The molecule has 0 aliphatic rings. The molecular formula is C17H32O3Si. The highest BCUT2D eigenvalue weighted by Gasteiger charge is 2.38. The number of hydrogen-bond acceptors (Lipinski definition) is 3. The zero-order valence-corrected chi connectivity index (χ0v) is 15.7. The Morgan fingerprint density at radius 2 is 1.86 bits per heavy atom. The lowest BCUT2D eigenvalue weighted by Gasteiger charge is -2.38. The van der Waals surface area contributed by atoms with Gasteiger partial charge < -0.3 is 9.16 Å². The van der Waals surface area contributed by atoms with Crippen molar-refractivity contribution in [3.8, 4) is 0 Å². The summed E-state index contributed by atoms with van der Waals surface area (Å²) in [5.74, 6) is -0.323. The molecule has 0 rings (SSSR count). The minimum Gasteiger partial charge on any atom is -0.466 e. The summed E-state index contributed by atoms with van der Waals surface area (Å²) < 4.78 is 10.8. The van der Waals surface area contributed by atoms with E-state index in [2.05, 4.69) is 51.6 Å². The third kappa shape index (κ3) is 8.89. The number of ether oxygens (including phenoxy) is 1. The Bertz CT molecular complexity index is 365. The second-order valence-corrected chi connectivity index (χ2v) is 11.7. The Balaban J connectivity index is 3.96. The summed E-state index contributed by atoms with van der Waals surface area (Å²) in [6, 6.07) is 0. The fourth-order valence-electron chi connectivity index (χ4n) is 1.64. The molecule has 0 aromatic rings. The van der Waals surface area contributed by atoms with Crippen LogP contribution in [0.4, 0.5) is 0 Å². The van der Waals surface area contributed by atoms with E-state index in [-0.39, 0.29) is 11.0 Å². The standard InChI is InChI=1S/C17H32O3Si/c1-15(20-21(6,7)17(2,3)4)13-11-9-8-10-12-14-16(18)19-5/h8,10,12,14-15H,9,11,13H2,1-7H3/b10-8+,14-12+/t15-/m1/s1. The molecule has 0 heterocycles. The Morgan fingerprint density at radius 1 is 1.24 bits per heavy atom. The first kappa shape index (κ1) is 20.1. The van der Waals surface area contributed by atoms with Crippen LogP contribution in [0.1, 0.15) is 47.0 Å². The van der Waals surface area contributed by atoms with Gasteiger partial charge in [0.2, 0.25) is 0 Å². The monoisotopic (exact) mass is 312 g/mol. The van der Waals surface area contributed by atoms with Crippen LogP contribution in [0, 0.1) is 0 Å². The maximum atomic E-state index is 10.8. The number of esters is 1. The Labute approximate surface area is 131 Å². The highest BCUT2D eigenvalue weighted by Crippen LogP contribution is 2.37. The van der Waals surface area contributed by atoms with Crippen LogP contribution in [0.2, 0.25) is 18.1 Å². The fourth-order valence-corrected chi connectivity index (χ4v) is 3.12. The summed E-state index contributed by atoms with van der Waals surface area (Å²) in [6.45, 7) is 13.6. The van der Waals surface area contributed by atoms with Gasteiger partial charge >= 0.3 is 5.97 Å². The van der Waals surface area contributed by atoms with Crippen LogP contribution in [-0.2, 0) is 14.0 Å². The Morgan fingerprint density at radius 3 is 2.38 bits per heavy atom. The van der Waals surface area contributed by atoms with Gasteiger partial charge in [-0.1, -0.05) is 39.0 Å². The molecule has 0 fully saturated rings. The van der Waals surface area contributed by atoms with Gasteiger partial charge in [-0.05, 0) is 44.3 Å². The van der Waals surface area contributed by atoms with Gasteiger partial charge in [-0.25, -0.2) is 4.79 Å². The van der Waals surface area contributed by atoms with Crippen LogP contribution in [-0.4, -0.2) is 27.5 Å². The maximum Gasteiger partial charge on any atom is 0.330 e. The summed E-state index contributed by atoms with van der Waals surface area (Å²) in [6.07, 6.45) is 10.5. The average Bonchev–Trinajstić information content (AvgIpc) is 2.35. The van der Waals surface area contributed by atoms with Crippen LogP contribution in [0.15, 0.2) is 24.3 Å². The van der Waals surface area contributed by atoms with Gasteiger partial charge in [0.05, 0.1) is 7.11 Å². The van der Waals surface area contributed by atoms with E-state index in [1.165, 1.54) is 13.2 Å². The number of carbonyl (C=O) groups excluding carboxylic acids is 1. The quantitative estimate of drug-likeness (QED) is 0.211. The molecule has 122 valence electrons. The van der Waals surface area contributed by atoms with Gasteiger partial charge in [-0.15, -0.1) is 0 Å². The number of rotatable bonds is 8. The minimum absolute atomic E-state index is 0.264. The first-order chi connectivity index (χ1) is 9.60. The van der Waals surface area contributed by atoms with E-state index in [0.717, 1.165) is 19.3 Å². The molecule has 3 nitrogen and oxygen atoms in total. The molecule has 1 atom stereocenters. The van der Waals surface area contributed by atoms with Gasteiger partial charge in [-0.3, -0.25) is 0 Å². The first-order valence-electron chi connectivity index (χ1n) is 7.69. The highest BCUT2D eigenvalue weighted by molar-refractivity contribution is 6.74. The second-order valence-electron chi connectivity index (χ2n) is 6.93. The molecule has 0 amide bonds. The van der Waals surface area contributed by atoms with Crippen molar-refractivity contribution < 1.29 is 14.0 Å². The van der Waals surface area contributed by atoms with Crippen molar-refractivity contribution in [3.63, 3.8) is 0 Å². The van der Waals surface area contributed by atoms with Crippen molar-refractivity contribution >= 4 is 14.3 Å². The van der Waals surface area contributed by atoms with E-state index in [4.69, 9.17) is 4.43 Å². The van der Waals surface area contributed by atoms with Crippen molar-refractivity contribution in [3.05, 3.63) is 24.3 Å². The second kappa shape index (κ2) is 9.21.